The van der Waals surface area contributed by atoms with Crippen LogP contribution in [-0.4, -0.2) is 24.1 Å². The summed E-state index contributed by atoms with van der Waals surface area (Å²) in [6.07, 6.45) is 8.70. The smallest absolute Gasteiger partial charge is 0.0270 e. The largest absolute Gasteiger partial charge is 0.330 e. The Kier molecular flexibility index (Phi) is 4.31. The Labute approximate surface area is 97.5 Å². The van der Waals surface area contributed by atoms with Crippen LogP contribution in [0.25, 0.3) is 0 Å². The molecular formula is C13H21N3. The number of hydrogen-bond donors (Lipinski definition) is 2. The second kappa shape index (κ2) is 5.97. The fraction of sp³-hybridized carbons (Fsp3) is 0.615. The predicted molar refractivity (Wildman–Crippen MR) is 66.1 cm³/mol. The monoisotopic (exact) mass is 219 g/mol. The van der Waals surface area contributed by atoms with E-state index in [9.17, 15) is 0 Å². The molecule has 3 nitrogen and oxygen atoms in total. The van der Waals surface area contributed by atoms with Gasteiger partial charge in [-0.05, 0) is 56.0 Å². The zero-order valence-corrected chi connectivity index (χ0v) is 9.73. The molecule has 0 radical (unpaired) electrons. The standard InChI is InChI=1S/C13H21N3/c14-10-12-2-1-3-13(12)16-9-6-11-4-7-15-8-5-11/h4-5,7-8,12-13,16H,1-3,6,9-10,14H2. The molecule has 0 amide bonds. The van der Waals surface area contributed by atoms with Crippen LogP contribution >= 0.6 is 0 Å². The van der Waals surface area contributed by atoms with E-state index in [0.29, 0.717) is 12.0 Å². The molecular weight excluding hydrogens is 198 g/mol. The molecule has 0 aromatic carbocycles. The van der Waals surface area contributed by atoms with Crippen LogP contribution in [0.15, 0.2) is 24.5 Å². The van der Waals surface area contributed by atoms with Gasteiger partial charge in [0.25, 0.3) is 0 Å². The zero-order chi connectivity index (χ0) is 11.2. The molecule has 3 heteroatoms. The molecule has 2 atom stereocenters. The molecule has 2 rings (SSSR count). The lowest BCUT2D eigenvalue weighted by Crippen LogP contribution is -2.37. The van der Waals surface area contributed by atoms with Crippen LogP contribution in [-0.2, 0) is 6.42 Å². The number of aromatic nitrogens is 1. The average molecular weight is 219 g/mol. The first kappa shape index (κ1) is 11.6. The van der Waals surface area contributed by atoms with Gasteiger partial charge in [-0.1, -0.05) is 6.42 Å². The Morgan fingerprint density at radius 1 is 1.31 bits per heavy atom. The highest BCUT2D eigenvalue weighted by Crippen LogP contribution is 2.24. The van der Waals surface area contributed by atoms with Gasteiger partial charge in [0, 0.05) is 18.4 Å². The van der Waals surface area contributed by atoms with Gasteiger partial charge in [0.2, 0.25) is 0 Å². The summed E-state index contributed by atoms with van der Waals surface area (Å²) in [6.45, 7) is 1.87. The summed E-state index contributed by atoms with van der Waals surface area (Å²) in [5.41, 5.74) is 7.11. The molecule has 0 aliphatic heterocycles. The minimum atomic E-state index is 0.645. The molecule has 0 spiro atoms. The number of pyridine rings is 1. The summed E-state index contributed by atoms with van der Waals surface area (Å²) in [7, 11) is 0. The van der Waals surface area contributed by atoms with Gasteiger partial charge in [-0.2, -0.15) is 0 Å². The summed E-state index contributed by atoms with van der Waals surface area (Å²) in [4.78, 5) is 4.02. The number of nitrogens with one attached hydrogen (secondary N) is 1. The molecule has 16 heavy (non-hydrogen) atoms. The number of nitrogens with zero attached hydrogens (tertiary/aromatic N) is 1. The maximum Gasteiger partial charge on any atom is 0.0270 e. The Morgan fingerprint density at radius 2 is 2.12 bits per heavy atom. The summed E-state index contributed by atoms with van der Waals surface area (Å²) in [5.74, 6) is 0.692. The third-order valence-electron chi connectivity index (χ3n) is 3.53. The van der Waals surface area contributed by atoms with Crippen molar-refractivity contribution in [1.29, 1.82) is 0 Å². The number of hydrogen-bond acceptors (Lipinski definition) is 3. The van der Waals surface area contributed by atoms with Crippen LogP contribution in [0.4, 0.5) is 0 Å². The Balaban J connectivity index is 1.72. The van der Waals surface area contributed by atoms with Crippen LogP contribution in [0, 0.1) is 5.92 Å². The van der Waals surface area contributed by atoms with E-state index in [1.54, 1.807) is 0 Å². The number of rotatable bonds is 5. The van der Waals surface area contributed by atoms with Gasteiger partial charge in [-0.3, -0.25) is 4.98 Å². The first-order valence-corrected chi connectivity index (χ1v) is 6.22. The van der Waals surface area contributed by atoms with Crippen LogP contribution < -0.4 is 11.1 Å². The predicted octanol–water partition coefficient (Wildman–Crippen LogP) is 1.34. The van der Waals surface area contributed by atoms with Crippen LogP contribution in [0.3, 0.4) is 0 Å². The van der Waals surface area contributed by atoms with Crippen molar-refractivity contribution in [2.24, 2.45) is 11.7 Å². The summed E-state index contributed by atoms with van der Waals surface area (Å²) >= 11 is 0. The lowest BCUT2D eigenvalue weighted by atomic mass is 10.0. The van der Waals surface area contributed by atoms with Gasteiger partial charge >= 0.3 is 0 Å². The van der Waals surface area contributed by atoms with E-state index in [2.05, 4.69) is 22.4 Å². The molecule has 1 aromatic heterocycles. The highest BCUT2D eigenvalue weighted by molar-refractivity contribution is 5.09. The Hall–Kier alpha value is -0.930. The van der Waals surface area contributed by atoms with E-state index in [4.69, 9.17) is 5.73 Å². The first-order chi connectivity index (χ1) is 7.90. The summed E-state index contributed by atoms with van der Waals surface area (Å²) < 4.78 is 0. The lowest BCUT2D eigenvalue weighted by Gasteiger charge is -2.19. The second-order valence-corrected chi connectivity index (χ2v) is 4.59. The normalized spacial score (nSPS) is 24.8. The van der Waals surface area contributed by atoms with E-state index in [1.165, 1.54) is 24.8 Å². The van der Waals surface area contributed by atoms with Crippen molar-refractivity contribution in [3.63, 3.8) is 0 Å². The molecule has 3 N–H and O–H groups in total. The number of nitrogens with two attached hydrogens (primary N) is 1. The van der Waals surface area contributed by atoms with Crippen molar-refractivity contribution in [3.8, 4) is 0 Å². The SMILES string of the molecule is NCC1CCCC1NCCc1ccncc1. The third-order valence-corrected chi connectivity index (χ3v) is 3.53. The van der Waals surface area contributed by atoms with E-state index in [1.807, 2.05) is 12.4 Å². The van der Waals surface area contributed by atoms with Gasteiger partial charge in [-0.25, -0.2) is 0 Å². The highest BCUT2D eigenvalue weighted by atomic mass is 14.9. The fourth-order valence-corrected chi connectivity index (χ4v) is 2.54. The van der Waals surface area contributed by atoms with Crippen molar-refractivity contribution in [2.45, 2.75) is 31.7 Å². The Morgan fingerprint density at radius 3 is 2.88 bits per heavy atom. The van der Waals surface area contributed by atoms with Crippen LogP contribution in [0.5, 0.6) is 0 Å². The fourth-order valence-electron chi connectivity index (χ4n) is 2.54. The first-order valence-electron chi connectivity index (χ1n) is 6.22. The van der Waals surface area contributed by atoms with Crippen molar-refractivity contribution >= 4 is 0 Å². The summed E-state index contributed by atoms with van der Waals surface area (Å²) in [5, 5.41) is 3.63. The van der Waals surface area contributed by atoms with Gasteiger partial charge in [0.1, 0.15) is 0 Å². The second-order valence-electron chi connectivity index (χ2n) is 4.59. The van der Waals surface area contributed by atoms with Crippen LogP contribution in [0.1, 0.15) is 24.8 Å². The summed E-state index contributed by atoms with van der Waals surface area (Å²) in [6, 6.07) is 4.81. The van der Waals surface area contributed by atoms with Gasteiger partial charge in [0.15, 0.2) is 0 Å². The van der Waals surface area contributed by atoms with Gasteiger partial charge in [0.05, 0.1) is 0 Å². The van der Waals surface area contributed by atoms with E-state index < -0.39 is 0 Å². The molecule has 0 bridgehead atoms. The molecule has 1 aliphatic carbocycles. The van der Waals surface area contributed by atoms with E-state index in [-0.39, 0.29) is 0 Å². The van der Waals surface area contributed by atoms with E-state index in [0.717, 1.165) is 19.5 Å². The van der Waals surface area contributed by atoms with Crippen molar-refractivity contribution in [1.82, 2.24) is 10.3 Å². The minimum Gasteiger partial charge on any atom is -0.330 e. The Bertz CT molecular complexity index is 299. The molecule has 1 saturated carbocycles. The highest BCUT2D eigenvalue weighted by Gasteiger charge is 2.24. The maximum absolute atomic E-state index is 5.76. The molecule has 2 unspecified atom stereocenters. The van der Waals surface area contributed by atoms with Gasteiger partial charge < -0.3 is 11.1 Å². The molecule has 1 heterocycles. The molecule has 1 aromatic rings. The zero-order valence-electron chi connectivity index (χ0n) is 9.73. The van der Waals surface area contributed by atoms with E-state index >= 15 is 0 Å². The lowest BCUT2D eigenvalue weighted by molar-refractivity contribution is 0.410. The molecule has 1 fully saturated rings. The molecule has 1 aliphatic rings. The molecule has 0 saturated heterocycles. The quantitative estimate of drug-likeness (QED) is 0.786. The average Bonchev–Trinajstić information content (AvgIpc) is 2.78. The topological polar surface area (TPSA) is 50.9 Å². The maximum atomic E-state index is 5.76. The van der Waals surface area contributed by atoms with Crippen LogP contribution in [0.2, 0.25) is 0 Å². The third kappa shape index (κ3) is 3.03. The van der Waals surface area contributed by atoms with Gasteiger partial charge in [-0.15, -0.1) is 0 Å². The van der Waals surface area contributed by atoms with Crippen molar-refractivity contribution in [3.05, 3.63) is 30.1 Å². The van der Waals surface area contributed by atoms with Crippen molar-refractivity contribution < 1.29 is 0 Å². The van der Waals surface area contributed by atoms with Crippen molar-refractivity contribution in [2.75, 3.05) is 13.1 Å². The minimum absolute atomic E-state index is 0.645. The molecule has 88 valence electrons.